The Bertz CT molecular complexity index is 664. The van der Waals surface area contributed by atoms with E-state index in [0.717, 1.165) is 6.54 Å². The predicted molar refractivity (Wildman–Crippen MR) is 107 cm³/mol. The second-order valence-electron chi connectivity index (χ2n) is 7.21. The molecule has 27 heavy (non-hydrogen) atoms. The standard InChI is InChI=1S/C19H29ClN4O3/c1-13(24(4)15-6-7-15)12-21-18(25)19(26)22-14-5-8-17(16(20)11-14)27-10-9-23(2)3/h5,8,11,13,15H,6-7,9-10,12H2,1-4H3,(H,21,25)(H,22,26). The predicted octanol–water partition coefficient (Wildman–Crippen LogP) is 1.82. The first-order valence-electron chi connectivity index (χ1n) is 9.16. The Balaban J connectivity index is 1.79. The molecule has 2 rings (SSSR count). The van der Waals surface area contributed by atoms with Crippen molar-refractivity contribution in [1.82, 2.24) is 15.1 Å². The molecule has 2 amide bonds. The second-order valence-corrected chi connectivity index (χ2v) is 7.61. The number of nitrogens with zero attached hydrogens (tertiary/aromatic N) is 2. The minimum absolute atomic E-state index is 0.183. The fraction of sp³-hybridized carbons (Fsp3) is 0.579. The van der Waals surface area contributed by atoms with Crippen molar-refractivity contribution in [2.45, 2.75) is 31.8 Å². The fourth-order valence-corrected chi connectivity index (χ4v) is 2.76. The van der Waals surface area contributed by atoms with E-state index in [9.17, 15) is 9.59 Å². The van der Waals surface area contributed by atoms with Gasteiger partial charge in [0, 0.05) is 30.9 Å². The van der Waals surface area contributed by atoms with Crippen molar-refractivity contribution in [1.29, 1.82) is 0 Å². The number of hydrogen-bond acceptors (Lipinski definition) is 5. The average Bonchev–Trinajstić information content (AvgIpc) is 3.45. The van der Waals surface area contributed by atoms with Gasteiger partial charge < -0.3 is 20.3 Å². The van der Waals surface area contributed by atoms with Crippen molar-refractivity contribution >= 4 is 29.1 Å². The van der Waals surface area contributed by atoms with Crippen LogP contribution in [-0.2, 0) is 9.59 Å². The summed E-state index contributed by atoms with van der Waals surface area (Å²) < 4.78 is 5.60. The van der Waals surface area contributed by atoms with Gasteiger partial charge >= 0.3 is 11.8 Å². The quantitative estimate of drug-likeness (QED) is 0.623. The Hall–Kier alpha value is -1.83. The molecule has 1 aromatic rings. The minimum Gasteiger partial charge on any atom is -0.491 e. The number of halogens is 1. The zero-order valence-electron chi connectivity index (χ0n) is 16.4. The highest BCUT2D eigenvalue weighted by molar-refractivity contribution is 6.40. The second kappa shape index (κ2) is 9.92. The number of anilines is 1. The van der Waals surface area contributed by atoms with Crippen molar-refractivity contribution in [2.75, 3.05) is 46.2 Å². The lowest BCUT2D eigenvalue weighted by molar-refractivity contribution is -0.136. The highest BCUT2D eigenvalue weighted by atomic mass is 35.5. The van der Waals surface area contributed by atoms with E-state index < -0.39 is 11.8 Å². The molecule has 0 aliphatic heterocycles. The third-order valence-electron chi connectivity index (χ3n) is 4.57. The van der Waals surface area contributed by atoms with Gasteiger partial charge in [-0.15, -0.1) is 0 Å². The van der Waals surface area contributed by atoms with Crippen molar-refractivity contribution in [3.63, 3.8) is 0 Å². The summed E-state index contributed by atoms with van der Waals surface area (Å²) in [6.07, 6.45) is 2.40. The van der Waals surface area contributed by atoms with Gasteiger partial charge in [-0.05, 0) is 59.1 Å². The number of rotatable bonds is 9. The maximum absolute atomic E-state index is 12.1. The summed E-state index contributed by atoms with van der Waals surface area (Å²) in [5.41, 5.74) is 0.447. The van der Waals surface area contributed by atoms with Gasteiger partial charge in [-0.3, -0.25) is 14.5 Å². The molecule has 0 spiro atoms. The number of ether oxygens (including phenoxy) is 1. The number of nitrogens with one attached hydrogen (secondary N) is 2. The van der Waals surface area contributed by atoms with Crippen molar-refractivity contribution < 1.29 is 14.3 Å². The summed E-state index contributed by atoms with van der Waals surface area (Å²) in [6.45, 7) is 3.74. The molecule has 1 aliphatic rings. The number of hydrogen-bond donors (Lipinski definition) is 2. The van der Waals surface area contributed by atoms with Gasteiger partial charge in [0.15, 0.2) is 0 Å². The van der Waals surface area contributed by atoms with Crippen molar-refractivity contribution in [3.8, 4) is 5.75 Å². The fourth-order valence-electron chi connectivity index (χ4n) is 2.53. The summed E-state index contributed by atoms with van der Waals surface area (Å²) >= 11 is 6.18. The third-order valence-corrected chi connectivity index (χ3v) is 4.86. The molecule has 1 atom stereocenters. The van der Waals surface area contributed by atoms with Crippen LogP contribution in [0, 0.1) is 0 Å². The third kappa shape index (κ3) is 7.01. The van der Waals surface area contributed by atoms with Gasteiger partial charge in [0.25, 0.3) is 0 Å². The minimum atomic E-state index is -0.714. The van der Waals surface area contributed by atoms with Crippen LogP contribution >= 0.6 is 11.6 Å². The van der Waals surface area contributed by atoms with Crippen LogP contribution in [0.3, 0.4) is 0 Å². The first-order chi connectivity index (χ1) is 12.8. The van der Waals surface area contributed by atoms with Gasteiger partial charge in [-0.25, -0.2) is 0 Å². The highest BCUT2D eigenvalue weighted by Gasteiger charge is 2.29. The van der Waals surface area contributed by atoms with Crippen LogP contribution in [0.5, 0.6) is 5.75 Å². The monoisotopic (exact) mass is 396 g/mol. The summed E-state index contributed by atoms with van der Waals surface area (Å²) in [5.74, 6) is -0.833. The van der Waals surface area contributed by atoms with E-state index in [-0.39, 0.29) is 6.04 Å². The lowest BCUT2D eigenvalue weighted by atomic mass is 10.2. The zero-order chi connectivity index (χ0) is 20.0. The molecule has 1 aliphatic carbocycles. The van der Waals surface area contributed by atoms with E-state index in [1.807, 2.05) is 33.0 Å². The van der Waals surface area contributed by atoms with Gasteiger partial charge in [-0.2, -0.15) is 0 Å². The van der Waals surface area contributed by atoms with Crippen molar-refractivity contribution in [3.05, 3.63) is 23.2 Å². The number of carbonyl (C=O) groups excluding carboxylic acids is 2. The van der Waals surface area contributed by atoms with Crippen LogP contribution in [0.2, 0.25) is 5.02 Å². The van der Waals surface area contributed by atoms with Crippen LogP contribution < -0.4 is 15.4 Å². The summed E-state index contributed by atoms with van der Waals surface area (Å²) in [4.78, 5) is 28.3. The maximum Gasteiger partial charge on any atom is 0.313 e. The average molecular weight is 397 g/mol. The summed E-state index contributed by atoms with van der Waals surface area (Å²) in [5, 5.41) is 5.62. The zero-order valence-corrected chi connectivity index (χ0v) is 17.2. The Kier molecular flexibility index (Phi) is 7.89. The molecule has 150 valence electrons. The molecule has 1 saturated carbocycles. The Morgan fingerprint density at radius 1 is 1.26 bits per heavy atom. The Labute approximate surface area is 166 Å². The maximum atomic E-state index is 12.1. The summed E-state index contributed by atoms with van der Waals surface area (Å²) in [6, 6.07) is 5.69. The lowest BCUT2D eigenvalue weighted by Crippen LogP contribution is -2.44. The van der Waals surface area contributed by atoms with E-state index in [0.29, 0.717) is 35.7 Å². The molecule has 0 bridgehead atoms. The molecule has 0 heterocycles. The van der Waals surface area contributed by atoms with E-state index in [2.05, 4.69) is 15.5 Å². The molecular formula is C19H29ClN4O3. The molecule has 0 aromatic heterocycles. The van der Waals surface area contributed by atoms with Crippen LogP contribution in [0.25, 0.3) is 0 Å². The molecule has 1 aromatic carbocycles. The molecule has 2 N–H and O–H groups in total. The van der Waals surface area contributed by atoms with Crippen LogP contribution in [-0.4, -0.2) is 74.5 Å². The van der Waals surface area contributed by atoms with E-state index in [4.69, 9.17) is 16.3 Å². The largest absolute Gasteiger partial charge is 0.491 e. The smallest absolute Gasteiger partial charge is 0.313 e. The van der Waals surface area contributed by atoms with E-state index in [1.54, 1.807) is 18.2 Å². The Morgan fingerprint density at radius 3 is 2.56 bits per heavy atom. The summed E-state index contributed by atoms with van der Waals surface area (Å²) in [7, 11) is 5.96. The first-order valence-corrected chi connectivity index (χ1v) is 9.54. The Morgan fingerprint density at radius 2 is 1.96 bits per heavy atom. The van der Waals surface area contributed by atoms with Gasteiger partial charge in [0.2, 0.25) is 0 Å². The topological polar surface area (TPSA) is 73.9 Å². The number of carbonyl (C=O) groups is 2. The molecule has 0 saturated heterocycles. The molecule has 1 fully saturated rings. The number of amides is 2. The first kappa shape index (κ1) is 21.5. The molecule has 7 nitrogen and oxygen atoms in total. The number of likely N-dealkylation sites (N-methyl/N-ethyl adjacent to an activating group) is 2. The molecule has 8 heteroatoms. The highest BCUT2D eigenvalue weighted by Crippen LogP contribution is 2.28. The lowest BCUT2D eigenvalue weighted by Gasteiger charge is -2.24. The SMILES string of the molecule is CC(CNC(=O)C(=O)Nc1ccc(OCCN(C)C)c(Cl)c1)N(C)C1CC1. The van der Waals surface area contributed by atoms with Crippen LogP contribution in [0.4, 0.5) is 5.69 Å². The molecule has 1 unspecified atom stereocenters. The van der Waals surface area contributed by atoms with Crippen LogP contribution in [0.1, 0.15) is 19.8 Å². The normalized spacial score (nSPS) is 14.9. The van der Waals surface area contributed by atoms with E-state index >= 15 is 0 Å². The van der Waals surface area contributed by atoms with Gasteiger partial charge in [-0.1, -0.05) is 11.6 Å². The van der Waals surface area contributed by atoms with E-state index in [1.165, 1.54) is 12.8 Å². The van der Waals surface area contributed by atoms with Crippen molar-refractivity contribution in [2.24, 2.45) is 0 Å². The van der Waals surface area contributed by atoms with Crippen LogP contribution in [0.15, 0.2) is 18.2 Å². The van der Waals surface area contributed by atoms with Gasteiger partial charge in [0.05, 0.1) is 5.02 Å². The number of benzene rings is 1. The molecule has 0 radical (unpaired) electrons. The molecular weight excluding hydrogens is 368 g/mol. The van der Waals surface area contributed by atoms with Gasteiger partial charge in [0.1, 0.15) is 12.4 Å².